The van der Waals surface area contributed by atoms with Gasteiger partial charge in [0.25, 0.3) is 0 Å². The summed E-state index contributed by atoms with van der Waals surface area (Å²) >= 11 is 0. The average Bonchev–Trinajstić information content (AvgIpc) is 3.12. The molecule has 1 N–H and O–H groups in total. The smallest absolute Gasteiger partial charge is 0.198 e. The monoisotopic (exact) mass is 360 g/mol. The molecular weight excluding hydrogens is 343 g/mol. The van der Waals surface area contributed by atoms with Gasteiger partial charge in [0, 0.05) is 23.3 Å². The number of ketones is 1. The summed E-state index contributed by atoms with van der Waals surface area (Å²) in [5.74, 6) is -0.0855. The lowest BCUT2D eigenvalue weighted by Gasteiger charge is -2.05. The molecule has 0 bridgehead atoms. The number of nitrogens with zero attached hydrogens (tertiary/aromatic N) is 1. The van der Waals surface area contributed by atoms with E-state index < -0.39 is 5.82 Å². The Labute approximate surface area is 155 Å². The maximum Gasteiger partial charge on any atom is 0.198 e. The van der Waals surface area contributed by atoms with Crippen LogP contribution in [0.25, 0.3) is 11.0 Å². The maximum atomic E-state index is 14.0. The molecule has 4 rings (SSSR count). The van der Waals surface area contributed by atoms with Crippen molar-refractivity contribution in [1.82, 2.24) is 9.97 Å². The maximum absolute atomic E-state index is 14.0. The van der Waals surface area contributed by atoms with E-state index in [1.54, 1.807) is 31.6 Å². The van der Waals surface area contributed by atoms with Crippen LogP contribution < -0.4 is 4.74 Å². The zero-order valence-corrected chi connectivity index (χ0v) is 14.7. The summed E-state index contributed by atoms with van der Waals surface area (Å²) in [4.78, 5) is 20.2. The minimum Gasteiger partial charge on any atom is -0.497 e. The number of methoxy groups -OCH3 is 1. The van der Waals surface area contributed by atoms with Gasteiger partial charge in [-0.1, -0.05) is 24.3 Å². The van der Waals surface area contributed by atoms with Crippen molar-refractivity contribution in [2.45, 2.75) is 6.42 Å². The van der Waals surface area contributed by atoms with E-state index in [1.807, 2.05) is 30.3 Å². The topological polar surface area (TPSA) is 55.0 Å². The highest BCUT2D eigenvalue weighted by molar-refractivity contribution is 6.16. The summed E-state index contributed by atoms with van der Waals surface area (Å²) in [6.45, 7) is 0. The standard InChI is InChI=1S/C22H17FN2O2/c1-27-16-8-6-14(7-9-16)10-15-11-18-19(13-25-22(18)24-12-15)21(26)17-4-2-3-5-20(17)23/h2-9,11-13H,10H2,1H3,(H,24,25). The number of benzene rings is 2. The zero-order chi connectivity index (χ0) is 18.8. The lowest BCUT2D eigenvalue weighted by Crippen LogP contribution is -2.03. The summed E-state index contributed by atoms with van der Waals surface area (Å²) in [5.41, 5.74) is 3.15. The fourth-order valence-electron chi connectivity index (χ4n) is 3.10. The number of hydrogen-bond acceptors (Lipinski definition) is 3. The SMILES string of the molecule is COc1ccc(Cc2cnc3[nH]cc(C(=O)c4ccccc4F)c3c2)cc1. The van der Waals surface area contributed by atoms with Gasteiger partial charge in [0.1, 0.15) is 17.2 Å². The van der Waals surface area contributed by atoms with Crippen LogP contribution in [0.3, 0.4) is 0 Å². The number of carbonyl (C=O) groups is 1. The van der Waals surface area contributed by atoms with Gasteiger partial charge >= 0.3 is 0 Å². The highest BCUT2D eigenvalue weighted by Crippen LogP contribution is 2.23. The molecule has 0 unspecified atom stereocenters. The van der Waals surface area contributed by atoms with Crippen LogP contribution in [0.2, 0.25) is 0 Å². The highest BCUT2D eigenvalue weighted by Gasteiger charge is 2.18. The van der Waals surface area contributed by atoms with E-state index in [9.17, 15) is 9.18 Å². The third-order valence-corrected chi connectivity index (χ3v) is 4.52. The van der Waals surface area contributed by atoms with Gasteiger partial charge in [0.15, 0.2) is 5.78 Å². The molecule has 4 aromatic rings. The molecule has 134 valence electrons. The molecule has 0 spiro atoms. The number of ether oxygens (including phenoxy) is 1. The first-order valence-electron chi connectivity index (χ1n) is 8.54. The fraction of sp³-hybridized carbons (Fsp3) is 0.0909. The molecule has 5 heteroatoms. The Balaban J connectivity index is 1.68. The number of aromatic nitrogens is 2. The van der Waals surface area contributed by atoms with Gasteiger partial charge in [-0.15, -0.1) is 0 Å². The lowest BCUT2D eigenvalue weighted by molar-refractivity contribution is 0.103. The molecule has 0 saturated heterocycles. The van der Waals surface area contributed by atoms with E-state index in [0.29, 0.717) is 23.0 Å². The Morgan fingerprint density at radius 2 is 1.85 bits per heavy atom. The second-order valence-corrected chi connectivity index (χ2v) is 6.28. The summed E-state index contributed by atoms with van der Waals surface area (Å²) in [5, 5.41) is 0.689. The molecule has 4 nitrogen and oxygen atoms in total. The molecule has 0 aliphatic heterocycles. The van der Waals surface area contributed by atoms with Crippen molar-refractivity contribution < 1.29 is 13.9 Å². The molecule has 2 aromatic carbocycles. The first kappa shape index (κ1) is 17.0. The van der Waals surface area contributed by atoms with Crippen LogP contribution in [-0.4, -0.2) is 22.9 Å². The number of fused-ring (bicyclic) bond motifs is 1. The van der Waals surface area contributed by atoms with Crippen molar-refractivity contribution in [3.05, 3.63) is 95.1 Å². The Kier molecular flexibility index (Phi) is 4.42. The number of pyridine rings is 1. The van der Waals surface area contributed by atoms with E-state index in [-0.39, 0.29) is 11.3 Å². The van der Waals surface area contributed by atoms with Crippen molar-refractivity contribution in [2.75, 3.05) is 7.11 Å². The van der Waals surface area contributed by atoms with E-state index in [1.165, 1.54) is 12.1 Å². The second-order valence-electron chi connectivity index (χ2n) is 6.28. The van der Waals surface area contributed by atoms with Gasteiger partial charge in [0.05, 0.1) is 12.7 Å². The van der Waals surface area contributed by atoms with Crippen molar-refractivity contribution in [3.63, 3.8) is 0 Å². The van der Waals surface area contributed by atoms with Crippen LogP contribution in [-0.2, 0) is 6.42 Å². The molecule has 0 aliphatic carbocycles. The Morgan fingerprint density at radius 3 is 2.59 bits per heavy atom. The molecule has 0 saturated carbocycles. The number of halogens is 1. The largest absolute Gasteiger partial charge is 0.497 e. The number of nitrogens with one attached hydrogen (secondary N) is 1. The number of rotatable bonds is 5. The molecule has 0 radical (unpaired) electrons. The minimum absolute atomic E-state index is 0.0546. The first-order valence-corrected chi connectivity index (χ1v) is 8.54. The Bertz CT molecular complexity index is 1120. The van der Waals surface area contributed by atoms with Crippen LogP contribution in [0.1, 0.15) is 27.0 Å². The molecule has 2 heterocycles. The van der Waals surface area contributed by atoms with Crippen LogP contribution in [0.5, 0.6) is 5.75 Å². The minimum atomic E-state index is -0.529. The van der Waals surface area contributed by atoms with Gasteiger partial charge in [-0.2, -0.15) is 0 Å². The van der Waals surface area contributed by atoms with Crippen molar-refractivity contribution in [2.24, 2.45) is 0 Å². The van der Waals surface area contributed by atoms with Crippen LogP contribution >= 0.6 is 0 Å². The quantitative estimate of drug-likeness (QED) is 0.532. The van der Waals surface area contributed by atoms with Crippen molar-refractivity contribution >= 4 is 16.8 Å². The predicted octanol–water partition coefficient (Wildman–Crippen LogP) is 4.53. The second kappa shape index (κ2) is 7.03. The summed E-state index contributed by atoms with van der Waals surface area (Å²) in [6, 6.07) is 15.7. The zero-order valence-electron chi connectivity index (χ0n) is 14.7. The van der Waals surface area contributed by atoms with Crippen molar-refractivity contribution in [3.8, 4) is 5.75 Å². The number of carbonyl (C=O) groups excluding carboxylic acids is 1. The Hall–Kier alpha value is -3.47. The van der Waals surface area contributed by atoms with Crippen molar-refractivity contribution in [1.29, 1.82) is 0 Å². The molecule has 0 atom stereocenters. The highest BCUT2D eigenvalue weighted by atomic mass is 19.1. The summed E-state index contributed by atoms with van der Waals surface area (Å²) in [7, 11) is 1.63. The fourth-order valence-corrected chi connectivity index (χ4v) is 3.10. The van der Waals surface area contributed by atoms with Gasteiger partial charge in [0.2, 0.25) is 0 Å². The van der Waals surface area contributed by atoms with E-state index in [0.717, 1.165) is 16.9 Å². The first-order chi connectivity index (χ1) is 13.2. The normalized spacial score (nSPS) is 10.9. The molecule has 0 aliphatic rings. The average molecular weight is 360 g/mol. The molecular formula is C22H17FN2O2. The third kappa shape index (κ3) is 3.31. The van der Waals surface area contributed by atoms with E-state index in [2.05, 4.69) is 9.97 Å². The lowest BCUT2D eigenvalue weighted by atomic mass is 10.0. The Morgan fingerprint density at radius 1 is 1.07 bits per heavy atom. The van der Waals surface area contributed by atoms with Crippen LogP contribution in [0.4, 0.5) is 4.39 Å². The number of H-pyrrole nitrogens is 1. The number of hydrogen-bond donors (Lipinski definition) is 1. The molecule has 0 amide bonds. The molecule has 2 aromatic heterocycles. The predicted molar refractivity (Wildman–Crippen MR) is 102 cm³/mol. The number of aromatic amines is 1. The van der Waals surface area contributed by atoms with Crippen LogP contribution in [0.15, 0.2) is 67.0 Å². The van der Waals surface area contributed by atoms with E-state index in [4.69, 9.17) is 4.74 Å². The van der Waals surface area contributed by atoms with E-state index >= 15 is 0 Å². The van der Waals surface area contributed by atoms with Gasteiger partial charge in [-0.25, -0.2) is 9.37 Å². The van der Waals surface area contributed by atoms with Crippen LogP contribution in [0, 0.1) is 5.82 Å². The summed E-state index contributed by atoms with van der Waals surface area (Å²) < 4.78 is 19.2. The third-order valence-electron chi connectivity index (χ3n) is 4.52. The van der Waals surface area contributed by atoms with Gasteiger partial charge in [-0.05, 0) is 47.9 Å². The summed E-state index contributed by atoms with van der Waals surface area (Å²) in [6.07, 6.45) is 4.04. The van der Waals surface area contributed by atoms with Gasteiger partial charge < -0.3 is 9.72 Å². The molecule has 0 fully saturated rings. The van der Waals surface area contributed by atoms with Gasteiger partial charge in [-0.3, -0.25) is 4.79 Å². The molecule has 27 heavy (non-hydrogen) atoms.